The molecule has 1 atom stereocenters. The van der Waals surface area contributed by atoms with E-state index in [2.05, 4.69) is 17.6 Å². The van der Waals surface area contributed by atoms with E-state index >= 15 is 0 Å². The molecule has 4 N–H and O–H groups in total. The molecule has 5 nitrogen and oxygen atoms in total. The van der Waals surface area contributed by atoms with Crippen LogP contribution >= 0.6 is 0 Å². The van der Waals surface area contributed by atoms with E-state index in [1.165, 1.54) is 6.92 Å². The lowest BCUT2D eigenvalue weighted by Gasteiger charge is -2.16. The molecule has 0 aliphatic rings. The number of anilines is 1. The minimum atomic E-state index is -0.134. The van der Waals surface area contributed by atoms with Crippen molar-refractivity contribution < 1.29 is 9.59 Å². The Bertz CT molecular complexity index is 443. The molecule has 110 valence electrons. The van der Waals surface area contributed by atoms with Crippen LogP contribution in [0.25, 0.3) is 0 Å². The second-order valence-corrected chi connectivity index (χ2v) is 4.81. The van der Waals surface area contributed by atoms with Crippen molar-refractivity contribution in [3.05, 3.63) is 29.8 Å². The first-order chi connectivity index (χ1) is 9.56. The van der Waals surface area contributed by atoms with Crippen LogP contribution in [0.15, 0.2) is 24.3 Å². The van der Waals surface area contributed by atoms with E-state index in [1.807, 2.05) is 0 Å². The normalized spacial score (nSPS) is 11.8. The monoisotopic (exact) mass is 277 g/mol. The van der Waals surface area contributed by atoms with Gasteiger partial charge in [0.2, 0.25) is 5.91 Å². The molecule has 1 aromatic carbocycles. The zero-order chi connectivity index (χ0) is 15.0. The number of nitrogens with two attached hydrogens (primary N) is 1. The first-order valence-electron chi connectivity index (χ1n) is 6.95. The highest BCUT2D eigenvalue weighted by atomic mass is 16.2. The lowest BCUT2D eigenvalue weighted by Crippen LogP contribution is -2.40. The third kappa shape index (κ3) is 5.40. The van der Waals surface area contributed by atoms with Crippen LogP contribution in [0.4, 0.5) is 5.69 Å². The summed E-state index contributed by atoms with van der Waals surface area (Å²) in [5, 5.41) is 5.59. The third-order valence-electron chi connectivity index (χ3n) is 2.99. The van der Waals surface area contributed by atoms with Crippen LogP contribution in [0, 0.1) is 0 Å². The highest BCUT2D eigenvalue weighted by molar-refractivity contribution is 5.95. The maximum atomic E-state index is 12.1. The van der Waals surface area contributed by atoms with Gasteiger partial charge in [-0.3, -0.25) is 9.59 Å². The van der Waals surface area contributed by atoms with Crippen molar-refractivity contribution >= 4 is 17.5 Å². The molecule has 0 aliphatic carbocycles. The van der Waals surface area contributed by atoms with Crippen LogP contribution in [-0.4, -0.2) is 24.4 Å². The highest BCUT2D eigenvalue weighted by Crippen LogP contribution is 2.10. The van der Waals surface area contributed by atoms with Gasteiger partial charge in [0, 0.05) is 30.8 Å². The van der Waals surface area contributed by atoms with Crippen LogP contribution in [0.1, 0.15) is 43.5 Å². The molecular weight excluding hydrogens is 254 g/mol. The number of carbonyl (C=O) groups excluding carboxylic acids is 2. The van der Waals surface area contributed by atoms with Gasteiger partial charge in [-0.05, 0) is 30.7 Å². The summed E-state index contributed by atoms with van der Waals surface area (Å²) < 4.78 is 0. The Morgan fingerprint density at radius 1 is 1.25 bits per heavy atom. The van der Waals surface area contributed by atoms with Crippen molar-refractivity contribution in [1.29, 1.82) is 0 Å². The molecule has 0 saturated carbocycles. The van der Waals surface area contributed by atoms with Gasteiger partial charge in [-0.15, -0.1) is 0 Å². The van der Waals surface area contributed by atoms with Crippen molar-refractivity contribution in [3.8, 4) is 0 Å². The minimum Gasteiger partial charge on any atom is -0.348 e. The van der Waals surface area contributed by atoms with E-state index in [0.717, 1.165) is 19.3 Å². The van der Waals surface area contributed by atoms with Gasteiger partial charge in [-0.2, -0.15) is 0 Å². The van der Waals surface area contributed by atoms with E-state index in [9.17, 15) is 9.59 Å². The molecule has 0 heterocycles. The average Bonchev–Trinajstić information content (AvgIpc) is 2.43. The second-order valence-electron chi connectivity index (χ2n) is 4.81. The topological polar surface area (TPSA) is 84.2 Å². The number of nitrogens with one attached hydrogen (secondary N) is 2. The largest absolute Gasteiger partial charge is 0.348 e. The average molecular weight is 277 g/mol. The van der Waals surface area contributed by atoms with E-state index in [1.54, 1.807) is 24.3 Å². The molecule has 20 heavy (non-hydrogen) atoms. The molecule has 1 rings (SSSR count). The predicted octanol–water partition coefficient (Wildman–Crippen LogP) is 1.89. The molecule has 1 aromatic rings. The Morgan fingerprint density at radius 2 is 1.90 bits per heavy atom. The molecule has 1 unspecified atom stereocenters. The fourth-order valence-electron chi connectivity index (χ4n) is 1.88. The number of carbonyl (C=O) groups is 2. The zero-order valence-electron chi connectivity index (χ0n) is 12.1. The van der Waals surface area contributed by atoms with Crippen molar-refractivity contribution in [1.82, 2.24) is 5.32 Å². The van der Waals surface area contributed by atoms with E-state index in [-0.39, 0.29) is 17.9 Å². The van der Waals surface area contributed by atoms with E-state index < -0.39 is 0 Å². The first-order valence-corrected chi connectivity index (χ1v) is 6.95. The van der Waals surface area contributed by atoms with Crippen molar-refractivity contribution in [2.45, 2.75) is 39.2 Å². The maximum Gasteiger partial charge on any atom is 0.251 e. The predicted molar refractivity (Wildman–Crippen MR) is 80.6 cm³/mol. The van der Waals surface area contributed by atoms with Crippen molar-refractivity contribution in [2.24, 2.45) is 5.73 Å². The number of amides is 2. The van der Waals surface area contributed by atoms with Crippen molar-refractivity contribution in [3.63, 3.8) is 0 Å². The highest BCUT2D eigenvalue weighted by Gasteiger charge is 2.11. The van der Waals surface area contributed by atoms with Gasteiger partial charge >= 0.3 is 0 Å². The zero-order valence-corrected chi connectivity index (χ0v) is 12.1. The number of hydrogen-bond donors (Lipinski definition) is 3. The Labute approximate surface area is 119 Å². The summed E-state index contributed by atoms with van der Waals surface area (Å²) in [6.07, 6.45) is 3.02. The van der Waals surface area contributed by atoms with Gasteiger partial charge in [-0.25, -0.2) is 0 Å². The van der Waals surface area contributed by atoms with Crippen LogP contribution < -0.4 is 16.4 Å². The number of unbranched alkanes of at least 4 members (excludes halogenated alkanes) is 1. The van der Waals surface area contributed by atoms with Gasteiger partial charge in [0.05, 0.1) is 0 Å². The molecular formula is C15H23N3O2. The Hall–Kier alpha value is -1.88. The summed E-state index contributed by atoms with van der Waals surface area (Å²) in [6.45, 7) is 3.99. The van der Waals surface area contributed by atoms with Gasteiger partial charge < -0.3 is 16.4 Å². The Balaban J connectivity index is 2.60. The van der Waals surface area contributed by atoms with E-state index in [4.69, 9.17) is 5.73 Å². The van der Waals surface area contributed by atoms with Gasteiger partial charge in [-0.1, -0.05) is 19.8 Å². The molecule has 0 spiro atoms. The lowest BCUT2D eigenvalue weighted by molar-refractivity contribution is -0.114. The van der Waals surface area contributed by atoms with Crippen LogP contribution in [0.2, 0.25) is 0 Å². The Kier molecular flexibility index (Phi) is 6.73. The molecule has 0 saturated heterocycles. The molecule has 0 aliphatic heterocycles. The standard InChI is InChI=1S/C15H23N3O2/c1-3-4-5-14(10-16)18-15(20)12-6-8-13(9-7-12)17-11(2)19/h6-9,14H,3-5,10,16H2,1-2H3,(H,17,19)(H,18,20). The van der Waals surface area contributed by atoms with Crippen LogP contribution in [0.3, 0.4) is 0 Å². The van der Waals surface area contributed by atoms with Gasteiger partial charge in [0.1, 0.15) is 0 Å². The third-order valence-corrected chi connectivity index (χ3v) is 2.99. The smallest absolute Gasteiger partial charge is 0.251 e. The lowest BCUT2D eigenvalue weighted by atomic mass is 10.1. The van der Waals surface area contributed by atoms with Crippen LogP contribution in [0.5, 0.6) is 0 Å². The quantitative estimate of drug-likeness (QED) is 0.711. The summed E-state index contributed by atoms with van der Waals surface area (Å²) in [7, 11) is 0. The summed E-state index contributed by atoms with van der Waals surface area (Å²) >= 11 is 0. The summed E-state index contributed by atoms with van der Waals surface area (Å²) in [4.78, 5) is 23.0. The summed E-state index contributed by atoms with van der Waals surface area (Å²) in [5.41, 5.74) is 6.90. The van der Waals surface area contributed by atoms with Gasteiger partial charge in [0.15, 0.2) is 0 Å². The molecule has 0 fully saturated rings. The fourth-order valence-corrected chi connectivity index (χ4v) is 1.88. The number of benzene rings is 1. The number of rotatable bonds is 7. The SMILES string of the molecule is CCCCC(CN)NC(=O)c1ccc(NC(C)=O)cc1. The molecule has 5 heteroatoms. The maximum absolute atomic E-state index is 12.1. The molecule has 0 aromatic heterocycles. The Morgan fingerprint density at radius 3 is 2.40 bits per heavy atom. The summed E-state index contributed by atoms with van der Waals surface area (Å²) in [6, 6.07) is 6.80. The minimum absolute atomic E-state index is 0.0115. The second kappa shape index (κ2) is 8.32. The summed E-state index contributed by atoms with van der Waals surface area (Å²) in [5.74, 6) is -0.268. The first kappa shape index (κ1) is 16.2. The number of hydrogen-bond acceptors (Lipinski definition) is 3. The van der Waals surface area contributed by atoms with Crippen molar-refractivity contribution in [2.75, 3.05) is 11.9 Å². The van der Waals surface area contributed by atoms with Gasteiger partial charge in [0.25, 0.3) is 5.91 Å². The fraction of sp³-hybridized carbons (Fsp3) is 0.467. The van der Waals surface area contributed by atoms with Crippen LogP contribution in [-0.2, 0) is 4.79 Å². The van der Waals surface area contributed by atoms with E-state index in [0.29, 0.717) is 17.8 Å². The molecule has 2 amide bonds. The molecule has 0 radical (unpaired) electrons. The molecule has 0 bridgehead atoms.